The maximum absolute atomic E-state index is 13.6. The summed E-state index contributed by atoms with van der Waals surface area (Å²) >= 11 is 6.40. The van der Waals surface area contributed by atoms with Crippen molar-refractivity contribution in [2.45, 2.75) is 13.8 Å². The summed E-state index contributed by atoms with van der Waals surface area (Å²) in [7, 11) is 0. The lowest BCUT2D eigenvalue weighted by Gasteiger charge is -2.34. The van der Waals surface area contributed by atoms with E-state index in [2.05, 4.69) is 11.8 Å². The molecule has 7 heteroatoms. The molecule has 2 aromatic carbocycles. The summed E-state index contributed by atoms with van der Waals surface area (Å²) < 4.78 is 11.0. The minimum Gasteiger partial charge on any atom is -0.454 e. The second-order valence-electron chi connectivity index (χ2n) is 7.92. The van der Waals surface area contributed by atoms with Crippen LogP contribution in [0.5, 0.6) is 11.5 Å². The first-order chi connectivity index (χ1) is 15.0. The number of halogens is 1. The predicted molar refractivity (Wildman–Crippen MR) is 121 cm³/mol. The zero-order valence-corrected chi connectivity index (χ0v) is 18.4. The highest BCUT2D eigenvalue weighted by Crippen LogP contribution is 2.37. The van der Waals surface area contributed by atoms with Gasteiger partial charge in [0.1, 0.15) is 0 Å². The summed E-state index contributed by atoms with van der Waals surface area (Å²) in [5.74, 6) is 1.44. The minimum atomic E-state index is 0.0341. The number of likely N-dealkylation sites (N-methyl/N-ethyl adjacent to an activating group) is 1. The Morgan fingerprint density at radius 2 is 1.84 bits per heavy atom. The molecule has 0 spiro atoms. The van der Waals surface area contributed by atoms with Crippen LogP contribution in [-0.2, 0) is 0 Å². The van der Waals surface area contributed by atoms with Crippen molar-refractivity contribution in [3.8, 4) is 22.8 Å². The molecule has 0 bridgehead atoms. The molecule has 1 saturated heterocycles. The Hall–Kier alpha value is -2.83. The SMILES string of the molecule is CCN1CCN(C(=O)c2cc(-c3ccc4c(c3)OCO4)nc3c(C)c(Cl)ccc23)CC1. The van der Waals surface area contributed by atoms with Gasteiger partial charge in [0.15, 0.2) is 11.5 Å². The zero-order chi connectivity index (χ0) is 21.5. The quantitative estimate of drug-likeness (QED) is 0.609. The molecule has 0 atom stereocenters. The molecule has 0 saturated carbocycles. The standard InChI is InChI=1S/C24H24ClN3O3/c1-3-27-8-10-28(11-9-27)24(29)18-13-20(16-4-7-21-22(12-16)31-14-30-21)26-23-15(2)19(25)6-5-17(18)23/h4-7,12-13H,3,8-11,14H2,1-2H3. The third-order valence-electron chi connectivity index (χ3n) is 6.17. The summed E-state index contributed by atoms with van der Waals surface area (Å²) in [6, 6.07) is 11.4. The molecule has 3 heterocycles. The fourth-order valence-corrected chi connectivity index (χ4v) is 4.37. The molecule has 6 nitrogen and oxygen atoms in total. The van der Waals surface area contributed by atoms with E-state index in [1.807, 2.05) is 48.2 Å². The lowest BCUT2D eigenvalue weighted by atomic mass is 10.0. The number of ether oxygens (including phenoxy) is 2. The average Bonchev–Trinajstić information content (AvgIpc) is 3.28. The van der Waals surface area contributed by atoms with Crippen LogP contribution in [0.2, 0.25) is 5.02 Å². The van der Waals surface area contributed by atoms with E-state index in [9.17, 15) is 4.79 Å². The van der Waals surface area contributed by atoms with E-state index in [0.717, 1.165) is 54.8 Å². The number of hydrogen-bond acceptors (Lipinski definition) is 5. The largest absolute Gasteiger partial charge is 0.454 e. The highest BCUT2D eigenvalue weighted by atomic mass is 35.5. The molecule has 1 aromatic heterocycles. The lowest BCUT2D eigenvalue weighted by Crippen LogP contribution is -2.48. The smallest absolute Gasteiger partial charge is 0.254 e. The van der Waals surface area contributed by atoms with Crippen molar-refractivity contribution in [1.82, 2.24) is 14.8 Å². The van der Waals surface area contributed by atoms with Crippen LogP contribution in [0.4, 0.5) is 0 Å². The van der Waals surface area contributed by atoms with E-state index >= 15 is 0 Å². The van der Waals surface area contributed by atoms with Crippen molar-refractivity contribution in [1.29, 1.82) is 0 Å². The van der Waals surface area contributed by atoms with Crippen molar-refractivity contribution < 1.29 is 14.3 Å². The number of aryl methyl sites for hydroxylation is 1. The first-order valence-electron chi connectivity index (χ1n) is 10.6. The molecule has 0 radical (unpaired) electrons. The second-order valence-corrected chi connectivity index (χ2v) is 8.33. The van der Waals surface area contributed by atoms with Gasteiger partial charge in [-0.1, -0.05) is 24.6 Å². The molecule has 160 valence electrons. The van der Waals surface area contributed by atoms with Crippen LogP contribution >= 0.6 is 11.6 Å². The zero-order valence-electron chi connectivity index (χ0n) is 17.7. The molecular weight excluding hydrogens is 414 g/mol. The molecule has 31 heavy (non-hydrogen) atoms. The molecule has 0 N–H and O–H groups in total. The first-order valence-corrected chi connectivity index (χ1v) is 10.9. The van der Waals surface area contributed by atoms with Crippen molar-refractivity contribution in [3.05, 3.63) is 52.5 Å². The lowest BCUT2D eigenvalue weighted by molar-refractivity contribution is 0.0645. The average molecular weight is 438 g/mol. The Kier molecular flexibility index (Phi) is 5.20. The highest BCUT2D eigenvalue weighted by Gasteiger charge is 2.25. The van der Waals surface area contributed by atoms with Crippen LogP contribution in [0.25, 0.3) is 22.2 Å². The van der Waals surface area contributed by atoms with Gasteiger partial charge < -0.3 is 19.3 Å². The molecule has 2 aliphatic heterocycles. The second kappa shape index (κ2) is 8.02. The molecule has 5 rings (SSSR count). The number of carbonyl (C=O) groups excluding carboxylic acids is 1. The van der Waals surface area contributed by atoms with Crippen LogP contribution in [0.3, 0.4) is 0 Å². The predicted octanol–water partition coefficient (Wildman–Crippen LogP) is 4.37. The molecule has 2 aliphatic rings. The van der Waals surface area contributed by atoms with E-state index < -0.39 is 0 Å². The molecule has 1 fully saturated rings. The molecule has 0 aliphatic carbocycles. The maximum Gasteiger partial charge on any atom is 0.254 e. The maximum atomic E-state index is 13.6. The van der Waals surface area contributed by atoms with Gasteiger partial charge in [-0.15, -0.1) is 0 Å². The van der Waals surface area contributed by atoms with E-state index in [1.165, 1.54) is 0 Å². The number of aromatic nitrogens is 1. The summed E-state index contributed by atoms with van der Waals surface area (Å²) in [4.78, 5) is 22.8. The van der Waals surface area contributed by atoms with Gasteiger partial charge in [-0.2, -0.15) is 0 Å². The van der Waals surface area contributed by atoms with Gasteiger partial charge in [-0.05, 0) is 49.4 Å². The van der Waals surface area contributed by atoms with Gasteiger partial charge in [0.2, 0.25) is 6.79 Å². The fourth-order valence-electron chi connectivity index (χ4n) is 4.22. The first kappa shape index (κ1) is 20.1. The third-order valence-corrected chi connectivity index (χ3v) is 6.58. The normalized spacial score (nSPS) is 16.2. The Bertz CT molecular complexity index is 1170. The van der Waals surface area contributed by atoms with E-state index in [1.54, 1.807) is 0 Å². The van der Waals surface area contributed by atoms with Crippen molar-refractivity contribution in [3.63, 3.8) is 0 Å². The van der Waals surface area contributed by atoms with Crippen molar-refractivity contribution in [2.75, 3.05) is 39.5 Å². The number of rotatable bonds is 3. The Labute approximate surface area is 186 Å². The number of nitrogens with zero attached hydrogens (tertiary/aromatic N) is 3. The minimum absolute atomic E-state index is 0.0341. The van der Waals surface area contributed by atoms with Gasteiger partial charge in [-0.25, -0.2) is 4.98 Å². The topological polar surface area (TPSA) is 54.9 Å². The van der Waals surface area contributed by atoms with Crippen LogP contribution in [-0.4, -0.2) is 60.2 Å². The molecule has 1 amide bonds. The van der Waals surface area contributed by atoms with E-state index in [-0.39, 0.29) is 12.7 Å². The summed E-state index contributed by atoms with van der Waals surface area (Å²) in [6.45, 7) is 8.55. The van der Waals surface area contributed by atoms with Crippen molar-refractivity contribution >= 4 is 28.4 Å². The Balaban J connectivity index is 1.61. The number of carbonyl (C=O) groups is 1. The number of benzene rings is 2. The molecule has 0 unspecified atom stereocenters. The molecular formula is C24H24ClN3O3. The number of piperazine rings is 1. The Morgan fingerprint density at radius 1 is 1.06 bits per heavy atom. The monoisotopic (exact) mass is 437 g/mol. The van der Waals surface area contributed by atoms with Crippen LogP contribution < -0.4 is 9.47 Å². The van der Waals surface area contributed by atoms with Crippen molar-refractivity contribution in [2.24, 2.45) is 0 Å². The van der Waals surface area contributed by atoms with Gasteiger partial charge >= 0.3 is 0 Å². The van der Waals surface area contributed by atoms with Gasteiger partial charge in [0, 0.05) is 42.2 Å². The number of pyridine rings is 1. The van der Waals surface area contributed by atoms with Gasteiger partial charge in [0.25, 0.3) is 5.91 Å². The van der Waals surface area contributed by atoms with Gasteiger partial charge in [0.05, 0.1) is 16.8 Å². The third kappa shape index (κ3) is 3.60. The number of amides is 1. The van der Waals surface area contributed by atoms with E-state index in [4.69, 9.17) is 26.1 Å². The Morgan fingerprint density at radius 3 is 2.61 bits per heavy atom. The summed E-state index contributed by atoms with van der Waals surface area (Å²) in [5.41, 5.74) is 3.86. The highest BCUT2D eigenvalue weighted by molar-refractivity contribution is 6.32. The summed E-state index contributed by atoms with van der Waals surface area (Å²) in [6.07, 6.45) is 0. The van der Waals surface area contributed by atoms with E-state index in [0.29, 0.717) is 27.8 Å². The van der Waals surface area contributed by atoms with Crippen LogP contribution in [0.1, 0.15) is 22.8 Å². The summed E-state index contributed by atoms with van der Waals surface area (Å²) in [5, 5.41) is 1.46. The molecule has 3 aromatic rings. The fraction of sp³-hybridized carbons (Fsp3) is 0.333. The van der Waals surface area contributed by atoms with Crippen LogP contribution in [0.15, 0.2) is 36.4 Å². The van der Waals surface area contributed by atoms with Gasteiger partial charge in [-0.3, -0.25) is 4.79 Å². The number of hydrogen-bond donors (Lipinski definition) is 0. The number of fused-ring (bicyclic) bond motifs is 2. The van der Waals surface area contributed by atoms with Crippen LogP contribution in [0, 0.1) is 6.92 Å².